The lowest BCUT2D eigenvalue weighted by Gasteiger charge is -2.33. The third-order valence-electron chi connectivity index (χ3n) is 6.23. The Kier molecular flexibility index (Phi) is 8.15. The minimum atomic E-state index is -4.90. The maximum atomic E-state index is 13.4. The molecule has 0 unspecified atom stereocenters. The van der Waals surface area contributed by atoms with Crippen LogP contribution in [0.4, 0.5) is 18.9 Å². The van der Waals surface area contributed by atoms with Crippen molar-refractivity contribution in [3.8, 4) is 5.75 Å². The lowest BCUT2D eigenvalue weighted by molar-refractivity contribution is -0.305. The first-order valence-corrected chi connectivity index (χ1v) is 14.0. The fourth-order valence-electron chi connectivity index (χ4n) is 4.58. The van der Waals surface area contributed by atoms with Gasteiger partial charge in [0, 0.05) is 23.7 Å². The van der Waals surface area contributed by atoms with Crippen LogP contribution in [0.3, 0.4) is 0 Å². The first-order chi connectivity index (χ1) is 17.9. The Morgan fingerprint density at radius 1 is 1.13 bits per heavy atom. The second-order valence-corrected chi connectivity index (χ2v) is 11.4. The predicted molar refractivity (Wildman–Crippen MR) is 139 cm³/mol. The molecule has 7 nitrogen and oxygen atoms in total. The normalized spacial score (nSPS) is 18.8. The molecule has 0 aliphatic carbocycles. The van der Waals surface area contributed by atoms with Crippen LogP contribution in [0.2, 0.25) is 0 Å². The number of ether oxygens (including phenoxy) is 2. The Morgan fingerprint density at radius 3 is 2.42 bits per heavy atom. The molecule has 0 radical (unpaired) electrons. The molecule has 0 atom stereocenters. The third kappa shape index (κ3) is 6.36. The van der Waals surface area contributed by atoms with E-state index in [2.05, 4.69) is 20.1 Å². The lowest BCUT2D eigenvalue weighted by Crippen LogP contribution is -2.37. The lowest BCUT2D eigenvalue weighted by atomic mass is 9.93. The molecule has 1 fully saturated rings. The summed E-state index contributed by atoms with van der Waals surface area (Å²) in [5.74, 6) is -0.825. The largest absolute Gasteiger partial charge is 0.874 e. The topological polar surface area (TPSA) is 91.3 Å². The highest BCUT2D eigenvalue weighted by atomic mass is 32.2. The van der Waals surface area contributed by atoms with Gasteiger partial charge in [-0.2, -0.15) is 12.8 Å². The summed E-state index contributed by atoms with van der Waals surface area (Å²) in [6.07, 6.45) is -3.39. The SMILES string of the molecule is Cc1cc(C)c(N2CCOCC2)c(C)c1C/C([O-])=C1/SC=C/C1=N\S(=O)(=O)c1ccc(OC(F)(F)F)cc1. The molecular formula is C26H26F3N2O5S2-. The van der Waals surface area contributed by atoms with Crippen molar-refractivity contribution in [1.82, 2.24) is 0 Å². The summed E-state index contributed by atoms with van der Waals surface area (Å²) in [6, 6.07) is 5.78. The number of halogens is 3. The Hall–Kier alpha value is -2.96. The number of morpholine rings is 1. The molecule has 0 amide bonds. The smallest absolute Gasteiger partial charge is 0.573 e. The van der Waals surface area contributed by atoms with Gasteiger partial charge in [0.05, 0.1) is 23.8 Å². The van der Waals surface area contributed by atoms with E-state index in [4.69, 9.17) is 4.74 Å². The Labute approximate surface area is 223 Å². The summed E-state index contributed by atoms with van der Waals surface area (Å²) in [5, 5.41) is 15.0. The minimum absolute atomic E-state index is 0.00793. The first-order valence-electron chi connectivity index (χ1n) is 11.7. The van der Waals surface area contributed by atoms with Gasteiger partial charge in [0.1, 0.15) is 5.75 Å². The van der Waals surface area contributed by atoms with Crippen LogP contribution in [0.25, 0.3) is 0 Å². The van der Waals surface area contributed by atoms with Gasteiger partial charge in [0.25, 0.3) is 10.0 Å². The van der Waals surface area contributed by atoms with Crippen molar-refractivity contribution in [2.75, 3.05) is 31.2 Å². The molecule has 0 saturated carbocycles. The van der Waals surface area contributed by atoms with E-state index >= 15 is 0 Å². The van der Waals surface area contributed by atoms with Crippen LogP contribution in [0.1, 0.15) is 22.3 Å². The highest BCUT2D eigenvalue weighted by molar-refractivity contribution is 8.07. The fraction of sp³-hybridized carbons (Fsp3) is 0.346. The van der Waals surface area contributed by atoms with Crippen molar-refractivity contribution in [2.24, 2.45) is 4.40 Å². The van der Waals surface area contributed by atoms with Gasteiger partial charge in [-0.1, -0.05) is 17.8 Å². The second kappa shape index (κ2) is 11.0. The Balaban J connectivity index is 1.62. The number of rotatable bonds is 6. The van der Waals surface area contributed by atoms with Gasteiger partial charge in [-0.15, -0.1) is 18.9 Å². The van der Waals surface area contributed by atoms with Crippen LogP contribution in [-0.2, 0) is 21.2 Å². The van der Waals surface area contributed by atoms with Crippen LogP contribution in [-0.4, -0.2) is 46.8 Å². The molecular weight excluding hydrogens is 541 g/mol. The molecule has 0 N–H and O–H groups in total. The average Bonchev–Trinajstić information content (AvgIpc) is 3.29. The zero-order valence-electron chi connectivity index (χ0n) is 21.0. The number of alkyl halides is 3. The van der Waals surface area contributed by atoms with E-state index < -0.39 is 22.1 Å². The molecule has 38 heavy (non-hydrogen) atoms. The van der Waals surface area contributed by atoms with Gasteiger partial charge < -0.3 is 19.5 Å². The molecule has 2 aliphatic rings. The summed E-state index contributed by atoms with van der Waals surface area (Å²) < 4.78 is 75.9. The van der Waals surface area contributed by atoms with Crippen LogP contribution in [0, 0.1) is 20.8 Å². The van der Waals surface area contributed by atoms with Crippen LogP contribution >= 0.6 is 11.8 Å². The molecule has 2 heterocycles. The van der Waals surface area contributed by atoms with Crippen molar-refractivity contribution in [2.45, 2.75) is 38.4 Å². The number of sulfonamides is 1. The molecule has 1 saturated heterocycles. The number of anilines is 1. The van der Waals surface area contributed by atoms with Crippen LogP contribution in [0.5, 0.6) is 5.75 Å². The summed E-state index contributed by atoms with van der Waals surface area (Å²) in [6.45, 7) is 8.76. The number of allylic oxidation sites excluding steroid dienone is 3. The van der Waals surface area contributed by atoms with Crippen LogP contribution < -0.4 is 14.7 Å². The number of nitrogens with zero attached hydrogens (tertiary/aromatic N) is 2. The maximum absolute atomic E-state index is 13.4. The molecule has 2 aromatic rings. The molecule has 0 spiro atoms. The van der Waals surface area contributed by atoms with Crippen molar-refractivity contribution in [3.63, 3.8) is 0 Å². The highest BCUT2D eigenvalue weighted by Crippen LogP contribution is 2.35. The molecule has 2 aliphatic heterocycles. The van der Waals surface area contributed by atoms with Gasteiger partial charge >= 0.3 is 6.36 Å². The first kappa shape index (κ1) is 28.1. The predicted octanol–water partition coefficient (Wildman–Crippen LogP) is 4.55. The number of benzene rings is 2. The molecule has 0 bridgehead atoms. The van der Waals surface area contributed by atoms with E-state index in [1.54, 1.807) is 5.41 Å². The summed E-state index contributed by atoms with van der Waals surface area (Å²) in [5.41, 5.74) is 5.03. The van der Waals surface area contributed by atoms with E-state index in [0.29, 0.717) is 13.2 Å². The van der Waals surface area contributed by atoms with Gasteiger partial charge in [-0.3, -0.25) is 0 Å². The van der Waals surface area contributed by atoms with Crippen molar-refractivity contribution in [1.29, 1.82) is 0 Å². The van der Waals surface area contributed by atoms with E-state index in [-0.39, 0.29) is 27.7 Å². The maximum Gasteiger partial charge on any atom is 0.573 e. The molecule has 2 aromatic carbocycles. The van der Waals surface area contributed by atoms with E-state index in [1.165, 1.54) is 6.08 Å². The summed E-state index contributed by atoms with van der Waals surface area (Å²) >= 11 is 1.09. The minimum Gasteiger partial charge on any atom is -0.874 e. The van der Waals surface area contributed by atoms with Crippen LogP contribution in [0.15, 0.2) is 61.8 Å². The summed E-state index contributed by atoms with van der Waals surface area (Å²) in [4.78, 5) is 2.13. The number of aryl methyl sites for hydroxylation is 2. The quantitative estimate of drug-likeness (QED) is 0.473. The third-order valence-corrected chi connectivity index (χ3v) is 8.48. The van der Waals surface area contributed by atoms with Crippen molar-refractivity contribution in [3.05, 3.63) is 74.7 Å². The van der Waals surface area contributed by atoms with Gasteiger partial charge in [0.2, 0.25) is 0 Å². The molecule has 204 valence electrons. The number of thioether (sulfide) groups is 1. The van der Waals surface area contributed by atoms with E-state index in [9.17, 15) is 26.7 Å². The highest BCUT2D eigenvalue weighted by Gasteiger charge is 2.31. The second-order valence-electron chi connectivity index (χ2n) is 8.88. The molecule has 4 rings (SSSR count). The summed E-state index contributed by atoms with van der Waals surface area (Å²) in [7, 11) is -4.29. The van der Waals surface area contributed by atoms with Gasteiger partial charge in [-0.25, -0.2) is 0 Å². The van der Waals surface area contributed by atoms with Crippen molar-refractivity contribution >= 4 is 33.2 Å². The Bertz CT molecular complexity index is 1410. The number of hydrogen-bond acceptors (Lipinski definition) is 7. The monoisotopic (exact) mass is 567 g/mol. The number of hydrogen-bond donors (Lipinski definition) is 0. The molecule has 12 heteroatoms. The zero-order chi connectivity index (χ0) is 27.7. The standard InChI is InChI=1S/C26H27F3N2O5S2/c1-16-14-17(2)24(31-9-11-35-12-10-31)18(3)21(16)15-23(32)25-22(8-13-37-25)30-38(33,34)20-6-4-19(5-7-20)36-26(27,28)29/h4-8,13-14,32H,9-12,15H2,1-3H3/p-1/b25-23-,30-22+. The average molecular weight is 568 g/mol. The van der Waals surface area contributed by atoms with Gasteiger partial charge in [0.15, 0.2) is 0 Å². The van der Waals surface area contributed by atoms with E-state index in [0.717, 1.165) is 77.1 Å². The Morgan fingerprint density at radius 2 is 1.79 bits per heavy atom. The fourth-order valence-corrected chi connectivity index (χ4v) is 6.40. The zero-order valence-corrected chi connectivity index (χ0v) is 22.6. The van der Waals surface area contributed by atoms with Crippen molar-refractivity contribution < 1.29 is 36.2 Å². The van der Waals surface area contributed by atoms with E-state index in [1.807, 2.05) is 20.8 Å². The molecule has 0 aromatic heterocycles. The van der Waals surface area contributed by atoms with Gasteiger partial charge in [-0.05, 0) is 85.2 Å².